The standard InChI is InChI=1S/C20H29N3O4/c1-13(2)11-21-20(27)23-8-4-5-15(12-23)9-18(24)22-17-10-16(19(25)26)7-6-14(17)3/h6-7,10,13,15H,4-5,8-9,11-12H2,1-3H3,(H,21,27)(H,22,24)(H,25,26). The number of carboxylic acid groups (broad SMARTS) is 1. The van der Waals surface area contributed by atoms with Crippen molar-refractivity contribution in [3.8, 4) is 0 Å². The van der Waals surface area contributed by atoms with Gasteiger partial charge in [-0.1, -0.05) is 19.9 Å². The average molecular weight is 375 g/mol. The molecular weight excluding hydrogens is 346 g/mol. The molecule has 7 nitrogen and oxygen atoms in total. The molecule has 1 aliphatic heterocycles. The summed E-state index contributed by atoms with van der Waals surface area (Å²) in [5, 5.41) is 14.8. The predicted molar refractivity (Wildman–Crippen MR) is 104 cm³/mol. The van der Waals surface area contributed by atoms with E-state index in [2.05, 4.69) is 10.6 Å². The molecule has 1 aromatic carbocycles. The highest BCUT2D eigenvalue weighted by Gasteiger charge is 2.25. The number of hydrogen-bond acceptors (Lipinski definition) is 3. The summed E-state index contributed by atoms with van der Waals surface area (Å²) < 4.78 is 0. The molecule has 3 amide bonds. The molecule has 27 heavy (non-hydrogen) atoms. The summed E-state index contributed by atoms with van der Waals surface area (Å²) in [6.45, 7) is 7.82. The van der Waals surface area contributed by atoms with E-state index in [0.29, 0.717) is 37.7 Å². The zero-order valence-electron chi connectivity index (χ0n) is 16.2. The molecule has 0 radical (unpaired) electrons. The SMILES string of the molecule is Cc1ccc(C(=O)O)cc1NC(=O)CC1CCCN(C(=O)NCC(C)C)C1. The Kier molecular flexibility index (Phi) is 7.21. The molecule has 1 fully saturated rings. The Hall–Kier alpha value is -2.57. The first kappa shape index (κ1) is 20.7. The number of carbonyl (C=O) groups excluding carboxylic acids is 2. The van der Waals surface area contributed by atoms with Crippen molar-refractivity contribution >= 4 is 23.6 Å². The van der Waals surface area contributed by atoms with Crippen LogP contribution in [0.4, 0.5) is 10.5 Å². The summed E-state index contributed by atoms with van der Waals surface area (Å²) >= 11 is 0. The Labute approximate surface area is 160 Å². The van der Waals surface area contributed by atoms with Gasteiger partial charge in [-0.25, -0.2) is 9.59 Å². The largest absolute Gasteiger partial charge is 0.478 e. The molecule has 1 atom stereocenters. The normalized spacial score (nSPS) is 16.9. The van der Waals surface area contributed by atoms with E-state index in [0.717, 1.165) is 18.4 Å². The van der Waals surface area contributed by atoms with Crippen LogP contribution in [0.15, 0.2) is 18.2 Å². The third-order valence-corrected chi connectivity index (χ3v) is 4.70. The minimum Gasteiger partial charge on any atom is -0.478 e. The number of urea groups is 1. The minimum absolute atomic E-state index is 0.0705. The number of carboxylic acids is 1. The maximum Gasteiger partial charge on any atom is 0.335 e. The molecule has 0 aliphatic carbocycles. The highest BCUT2D eigenvalue weighted by molar-refractivity contribution is 5.94. The molecule has 0 aromatic heterocycles. The van der Waals surface area contributed by atoms with Gasteiger partial charge in [0, 0.05) is 31.7 Å². The van der Waals surface area contributed by atoms with Gasteiger partial charge in [-0.05, 0) is 49.3 Å². The number of benzene rings is 1. The van der Waals surface area contributed by atoms with E-state index in [1.165, 1.54) is 12.1 Å². The van der Waals surface area contributed by atoms with Crippen molar-refractivity contribution < 1.29 is 19.5 Å². The van der Waals surface area contributed by atoms with Crippen molar-refractivity contribution in [3.63, 3.8) is 0 Å². The first-order valence-corrected chi connectivity index (χ1v) is 9.42. The van der Waals surface area contributed by atoms with Gasteiger partial charge in [0.05, 0.1) is 5.56 Å². The van der Waals surface area contributed by atoms with Crippen LogP contribution in [0.2, 0.25) is 0 Å². The lowest BCUT2D eigenvalue weighted by molar-refractivity contribution is -0.117. The van der Waals surface area contributed by atoms with Crippen LogP contribution in [0.3, 0.4) is 0 Å². The van der Waals surface area contributed by atoms with E-state index >= 15 is 0 Å². The van der Waals surface area contributed by atoms with E-state index in [1.54, 1.807) is 11.0 Å². The van der Waals surface area contributed by atoms with E-state index in [-0.39, 0.29) is 23.4 Å². The molecular formula is C20H29N3O4. The number of carbonyl (C=O) groups is 3. The third-order valence-electron chi connectivity index (χ3n) is 4.70. The van der Waals surface area contributed by atoms with Crippen molar-refractivity contribution in [3.05, 3.63) is 29.3 Å². The van der Waals surface area contributed by atoms with Crippen LogP contribution < -0.4 is 10.6 Å². The number of anilines is 1. The highest BCUT2D eigenvalue weighted by atomic mass is 16.4. The number of aryl methyl sites for hydroxylation is 1. The lowest BCUT2D eigenvalue weighted by Gasteiger charge is -2.32. The van der Waals surface area contributed by atoms with Gasteiger partial charge in [0.1, 0.15) is 0 Å². The fourth-order valence-electron chi connectivity index (χ4n) is 3.17. The number of amides is 3. The Bertz CT molecular complexity index is 702. The maximum atomic E-state index is 12.4. The smallest absolute Gasteiger partial charge is 0.335 e. The topological polar surface area (TPSA) is 98.7 Å². The molecule has 0 spiro atoms. The molecule has 1 saturated heterocycles. The van der Waals surface area contributed by atoms with E-state index in [9.17, 15) is 14.4 Å². The van der Waals surface area contributed by atoms with E-state index in [4.69, 9.17) is 5.11 Å². The van der Waals surface area contributed by atoms with Crippen molar-refractivity contribution in [2.24, 2.45) is 11.8 Å². The summed E-state index contributed by atoms with van der Waals surface area (Å²) in [5.74, 6) is -0.687. The van der Waals surface area contributed by atoms with Gasteiger partial charge < -0.3 is 20.6 Å². The van der Waals surface area contributed by atoms with Gasteiger partial charge >= 0.3 is 12.0 Å². The summed E-state index contributed by atoms with van der Waals surface area (Å²) in [6.07, 6.45) is 2.08. The molecule has 1 aliphatic rings. The van der Waals surface area contributed by atoms with E-state index < -0.39 is 5.97 Å². The lowest BCUT2D eigenvalue weighted by Crippen LogP contribution is -2.46. The lowest BCUT2D eigenvalue weighted by atomic mass is 9.94. The number of rotatable bonds is 6. The highest BCUT2D eigenvalue weighted by Crippen LogP contribution is 2.22. The van der Waals surface area contributed by atoms with E-state index in [1.807, 2.05) is 20.8 Å². The fraction of sp³-hybridized carbons (Fsp3) is 0.550. The zero-order valence-corrected chi connectivity index (χ0v) is 16.2. The molecule has 7 heteroatoms. The monoisotopic (exact) mass is 375 g/mol. The van der Waals surface area contributed by atoms with Crippen molar-refractivity contribution in [1.82, 2.24) is 10.2 Å². The molecule has 148 valence electrons. The molecule has 1 heterocycles. The zero-order chi connectivity index (χ0) is 20.0. The number of nitrogens with one attached hydrogen (secondary N) is 2. The second-order valence-electron chi connectivity index (χ2n) is 7.62. The van der Waals surface area contributed by atoms with Crippen LogP contribution in [0.5, 0.6) is 0 Å². The van der Waals surface area contributed by atoms with Gasteiger partial charge in [-0.3, -0.25) is 4.79 Å². The van der Waals surface area contributed by atoms with Crippen LogP contribution in [0.1, 0.15) is 49.0 Å². The number of likely N-dealkylation sites (tertiary alicyclic amines) is 1. The van der Waals surface area contributed by atoms with Crippen molar-refractivity contribution in [2.45, 2.75) is 40.0 Å². The number of nitrogens with zero attached hydrogens (tertiary/aromatic N) is 1. The average Bonchev–Trinajstić information content (AvgIpc) is 2.61. The molecule has 1 unspecified atom stereocenters. The van der Waals surface area contributed by atoms with Crippen LogP contribution in [0.25, 0.3) is 0 Å². The summed E-state index contributed by atoms with van der Waals surface area (Å²) in [4.78, 5) is 37.5. The number of piperidine rings is 1. The van der Waals surface area contributed by atoms with Gasteiger partial charge in [0.2, 0.25) is 5.91 Å². The predicted octanol–water partition coefficient (Wildman–Crippen LogP) is 3.10. The summed E-state index contributed by atoms with van der Waals surface area (Å²) in [7, 11) is 0. The van der Waals surface area contributed by atoms with Gasteiger partial charge in [-0.15, -0.1) is 0 Å². The van der Waals surface area contributed by atoms with Crippen LogP contribution >= 0.6 is 0 Å². The summed E-state index contributed by atoms with van der Waals surface area (Å²) in [6, 6.07) is 4.60. The first-order valence-electron chi connectivity index (χ1n) is 9.42. The van der Waals surface area contributed by atoms with Crippen LogP contribution in [-0.4, -0.2) is 47.5 Å². The number of aromatic carboxylic acids is 1. The molecule has 2 rings (SSSR count). The molecule has 1 aromatic rings. The number of hydrogen-bond donors (Lipinski definition) is 3. The second kappa shape index (κ2) is 9.39. The van der Waals surface area contributed by atoms with Crippen LogP contribution in [0, 0.1) is 18.8 Å². The minimum atomic E-state index is -1.03. The van der Waals surface area contributed by atoms with Gasteiger partial charge in [-0.2, -0.15) is 0 Å². The molecule has 0 saturated carbocycles. The van der Waals surface area contributed by atoms with Gasteiger partial charge in [0.15, 0.2) is 0 Å². The Morgan fingerprint density at radius 2 is 2.04 bits per heavy atom. The quantitative estimate of drug-likeness (QED) is 0.711. The summed E-state index contributed by atoms with van der Waals surface area (Å²) in [5.41, 5.74) is 1.47. The second-order valence-corrected chi connectivity index (χ2v) is 7.62. The fourth-order valence-corrected chi connectivity index (χ4v) is 3.17. The first-order chi connectivity index (χ1) is 12.8. The van der Waals surface area contributed by atoms with Gasteiger partial charge in [0.25, 0.3) is 0 Å². The molecule has 0 bridgehead atoms. The third kappa shape index (κ3) is 6.27. The van der Waals surface area contributed by atoms with Crippen molar-refractivity contribution in [1.29, 1.82) is 0 Å². The maximum absolute atomic E-state index is 12.4. The van der Waals surface area contributed by atoms with Crippen molar-refractivity contribution in [2.75, 3.05) is 25.0 Å². The Balaban J connectivity index is 1.91. The van der Waals surface area contributed by atoms with Crippen LogP contribution in [-0.2, 0) is 4.79 Å². The molecule has 3 N–H and O–H groups in total. The Morgan fingerprint density at radius 3 is 2.70 bits per heavy atom. The Morgan fingerprint density at radius 1 is 1.30 bits per heavy atom.